The van der Waals surface area contributed by atoms with Crippen LogP contribution in [0.3, 0.4) is 0 Å². The first-order valence-electron chi connectivity index (χ1n) is 18.5. The topological polar surface area (TPSA) is 203 Å². The van der Waals surface area contributed by atoms with Crippen molar-refractivity contribution in [1.82, 2.24) is 38.7 Å². The summed E-state index contributed by atoms with van der Waals surface area (Å²) in [5.41, 5.74) is 14.5. The Hall–Kier alpha value is -7.04. The van der Waals surface area contributed by atoms with Crippen LogP contribution in [0, 0.1) is 0 Å². The fraction of sp³-hybridized carbons (Fsp3) is 0.220. The molecule has 2 aliphatic rings. The minimum Gasteiger partial charge on any atom is -0.340 e. The minimum atomic E-state index is -0.482. The molecule has 2 aromatic heterocycles. The van der Waals surface area contributed by atoms with E-state index in [9.17, 15) is 28.8 Å². The second-order valence-electron chi connectivity index (χ2n) is 13.8. The lowest BCUT2D eigenvalue weighted by molar-refractivity contribution is -0.130. The molecule has 0 bridgehead atoms. The number of imide groups is 2. The van der Waals surface area contributed by atoms with Crippen LogP contribution >= 0.6 is 0 Å². The molecule has 0 saturated heterocycles. The van der Waals surface area contributed by atoms with Gasteiger partial charge in [0.1, 0.15) is 0 Å². The summed E-state index contributed by atoms with van der Waals surface area (Å²) in [5, 5.41) is 2.62. The van der Waals surface area contributed by atoms with Gasteiger partial charge in [-0.1, -0.05) is 24.3 Å². The van der Waals surface area contributed by atoms with Crippen molar-refractivity contribution in [3.63, 3.8) is 0 Å². The zero-order chi connectivity index (χ0) is 39.8. The van der Waals surface area contributed by atoms with Gasteiger partial charge in [0.2, 0.25) is 11.8 Å². The maximum Gasteiger partial charge on any atom is 0.261 e. The lowest BCUT2D eigenvalue weighted by Gasteiger charge is -2.32. The van der Waals surface area contributed by atoms with Crippen molar-refractivity contribution in [3.05, 3.63) is 120 Å². The Labute approximate surface area is 325 Å². The number of rotatable bonds is 14. The first-order valence-corrected chi connectivity index (χ1v) is 18.5. The number of aromatic nitrogens is 4. The molecule has 0 unspecified atom stereocenters. The lowest BCUT2D eigenvalue weighted by Crippen LogP contribution is -2.48. The summed E-state index contributed by atoms with van der Waals surface area (Å²) >= 11 is 0. The number of imidazole rings is 2. The van der Waals surface area contributed by atoms with E-state index in [-0.39, 0.29) is 58.8 Å². The third kappa shape index (κ3) is 6.70. The number of hydrogen-bond donors (Lipinski definition) is 2. The van der Waals surface area contributed by atoms with Crippen LogP contribution in [0.15, 0.2) is 98.1 Å². The van der Waals surface area contributed by atoms with Crippen molar-refractivity contribution in [2.24, 2.45) is 11.5 Å². The van der Waals surface area contributed by atoms with Crippen molar-refractivity contribution in [2.75, 3.05) is 52.4 Å². The summed E-state index contributed by atoms with van der Waals surface area (Å²) in [4.78, 5) is 94.6. The van der Waals surface area contributed by atoms with Crippen LogP contribution in [0.5, 0.6) is 0 Å². The van der Waals surface area contributed by atoms with Gasteiger partial charge in [0.05, 0.1) is 36.9 Å². The Balaban J connectivity index is 0.944. The van der Waals surface area contributed by atoms with Gasteiger partial charge in [-0.3, -0.25) is 38.6 Å². The second-order valence-corrected chi connectivity index (χ2v) is 13.8. The molecule has 2 aliphatic heterocycles. The van der Waals surface area contributed by atoms with E-state index in [1.807, 2.05) is 24.3 Å². The van der Waals surface area contributed by atoms with E-state index in [0.717, 1.165) is 20.6 Å². The highest BCUT2D eigenvalue weighted by molar-refractivity contribution is 6.26. The Morgan fingerprint density at radius 2 is 0.982 bits per heavy atom. The predicted molar refractivity (Wildman–Crippen MR) is 209 cm³/mol. The lowest BCUT2D eigenvalue weighted by atomic mass is 9.93. The number of nitrogens with zero attached hydrogens (tertiary/aromatic N) is 8. The molecule has 0 radical (unpaired) electrons. The maximum absolute atomic E-state index is 13.9. The monoisotopic (exact) mass is 766 g/mol. The summed E-state index contributed by atoms with van der Waals surface area (Å²) in [6.45, 7) is -0.482. The smallest absolute Gasteiger partial charge is 0.261 e. The molecule has 4 aromatic carbocycles. The highest BCUT2D eigenvalue weighted by Gasteiger charge is 2.35. The first kappa shape index (κ1) is 36.9. The van der Waals surface area contributed by atoms with Crippen molar-refractivity contribution in [1.29, 1.82) is 0 Å². The fourth-order valence-electron chi connectivity index (χ4n) is 7.69. The van der Waals surface area contributed by atoms with Gasteiger partial charge in [-0.05, 0) is 53.6 Å². The van der Waals surface area contributed by atoms with Crippen molar-refractivity contribution >= 4 is 57.0 Å². The van der Waals surface area contributed by atoms with E-state index in [1.54, 1.807) is 83.0 Å². The second kappa shape index (κ2) is 15.2. The molecule has 0 fully saturated rings. The molecule has 4 heterocycles. The first-order chi connectivity index (χ1) is 27.7. The number of carbonyl (C=O) groups excluding carboxylic acids is 6. The van der Waals surface area contributed by atoms with E-state index >= 15 is 0 Å². The molecule has 16 heteroatoms. The number of carbonyl (C=O) groups is 6. The number of amides is 6. The van der Waals surface area contributed by atoms with Crippen LogP contribution in [0.1, 0.15) is 47.9 Å². The Bertz CT molecular complexity index is 2410. The average Bonchev–Trinajstić information content (AvgIpc) is 3.98. The quantitative estimate of drug-likeness (QED) is 0.155. The minimum absolute atomic E-state index is 0.00761. The molecular formula is C41H38N10O6. The van der Waals surface area contributed by atoms with Crippen LogP contribution in [0.2, 0.25) is 0 Å². The molecule has 16 nitrogen and oxygen atoms in total. The highest BCUT2D eigenvalue weighted by Crippen LogP contribution is 2.34. The maximum atomic E-state index is 13.9. The van der Waals surface area contributed by atoms with E-state index < -0.39 is 35.4 Å². The van der Waals surface area contributed by atoms with Crippen molar-refractivity contribution in [3.8, 4) is 11.4 Å². The average molecular weight is 767 g/mol. The summed E-state index contributed by atoms with van der Waals surface area (Å²) < 4.78 is 3.55. The molecule has 8 rings (SSSR count). The zero-order valence-electron chi connectivity index (χ0n) is 30.8. The molecule has 0 spiro atoms. The highest BCUT2D eigenvalue weighted by atomic mass is 16.2. The van der Waals surface area contributed by atoms with Gasteiger partial charge in [-0.25, -0.2) is 9.97 Å². The van der Waals surface area contributed by atoms with Gasteiger partial charge in [-0.15, -0.1) is 0 Å². The van der Waals surface area contributed by atoms with Crippen molar-refractivity contribution in [2.45, 2.75) is 6.42 Å². The van der Waals surface area contributed by atoms with Gasteiger partial charge < -0.3 is 30.4 Å². The molecule has 0 saturated carbocycles. The fourth-order valence-corrected chi connectivity index (χ4v) is 7.69. The Morgan fingerprint density at radius 3 is 1.37 bits per heavy atom. The summed E-state index contributed by atoms with van der Waals surface area (Å²) in [7, 11) is 0. The number of nitrogens with two attached hydrogens (primary N) is 2. The third-order valence-electron chi connectivity index (χ3n) is 10.5. The number of benzene rings is 4. The van der Waals surface area contributed by atoms with E-state index in [4.69, 9.17) is 11.5 Å². The molecule has 288 valence electrons. The molecule has 0 aliphatic carbocycles. The van der Waals surface area contributed by atoms with Crippen LogP contribution in [0.25, 0.3) is 32.9 Å². The van der Waals surface area contributed by atoms with Crippen LogP contribution < -0.4 is 11.5 Å². The normalized spacial score (nSPS) is 13.6. The molecule has 6 amide bonds. The Kier molecular flexibility index (Phi) is 9.87. The summed E-state index contributed by atoms with van der Waals surface area (Å²) in [6.07, 6.45) is 10.3. The predicted octanol–water partition coefficient (Wildman–Crippen LogP) is 2.22. The van der Waals surface area contributed by atoms with Crippen LogP contribution in [0.4, 0.5) is 0 Å². The Morgan fingerprint density at radius 1 is 0.561 bits per heavy atom. The van der Waals surface area contributed by atoms with E-state index in [1.165, 1.54) is 9.80 Å². The van der Waals surface area contributed by atoms with E-state index in [0.29, 0.717) is 44.4 Å². The third-order valence-corrected chi connectivity index (χ3v) is 10.5. The van der Waals surface area contributed by atoms with E-state index in [2.05, 4.69) is 9.97 Å². The number of hydrogen-bond acceptors (Lipinski definition) is 10. The van der Waals surface area contributed by atoms with Gasteiger partial charge >= 0.3 is 0 Å². The molecular weight excluding hydrogens is 729 g/mol. The van der Waals surface area contributed by atoms with Gasteiger partial charge in [0.15, 0.2) is 0 Å². The zero-order valence-corrected chi connectivity index (χ0v) is 30.8. The SMILES string of the molecule is NCC(=O)N(CCCN(CCN1C(=O)c2cccc3cc(-n4ccnc4)cc(c23)C1=O)C(=O)CN)CCN1C(=O)c2cccc3cc(-n4ccnc4)cc(c23)C1=O. The van der Waals surface area contributed by atoms with Gasteiger partial charge in [0.25, 0.3) is 23.6 Å². The van der Waals surface area contributed by atoms with Crippen LogP contribution in [-0.2, 0) is 9.59 Å². The molecule has 6 aromatic rings. The molecule has 4 N–H and O–H groups in total. The largest absolute Gasteiger partial charge is 0.340 e. The van der Waals surface area contributed by atoms with Crippen molar-refractivity contribution < 1.29 is 28.8 Å². The molecule has 0 atom stereocenters. The van der Waals surface area contributed by atoms with Gasteiger partial charge in [0, 0.05) is 97.3 Å². The summed E-state index contributed by atoms with van der Waals surface area (Å²) in [5.74, 6) is -2.70. The standard InChI is InChI=1S/C41H38N10O6/c42-22-34(52)46(14-16-50-38(54)30-6-1-4-26-18-28(48-12-8-44-24-48)20-32(36(26)30)40(50)56)10-3-11-47(35(53)23-43)15-17-51-39(55)31-7-2-5-27-19-29(49-13-9-45-25-49)21-33(37(27)31)41(51)57/h1-2,4-9,12-13,18-21,24-25H,3,10-11,14-17,22-23,42-43H2. The van der Waals surface area contributed by atoms with Crippen LogP contribution in [-0.4, -0.2) is 127 Å². The molecule has 57 heavy (non-hydrogen) atoms. The van der Waals surface area contributed by atoms with Gasteiger partial charge in [-0.2, -0.15) is 0 Å². The summed E-state index contributed by atoms with van der Waals surface area (Å²) in [6, 6.07) is 17.8.